The average molecular weight is 242 g/mol. The topological polar surface area (TPSA) is 26.0 Å². The maximum Gasteiger partial charge on any atom is 0.390 e. The van der Waals surface area contributed by atoms with Crippen LogP contribution >= 0.6 is 11.6 Å². The van der Waals surface area contributed by atoms with Crippen LogP contribution in [0.1, 0.15) is 18.0 Å². The summed E-state index contributed by atoms with van der Waals surface area (Å²) in [6, 6.07) is 1.92. The van der Waals surface area contributed by atoms with Crippen LogP contribution < -0.4 is 5.73 Å². The van der Waals surface area contributed by atoms with Gasteiger partial charge in [-0.2, -0.15) is 13.2 Å². The van der Waals surface area contributed by atoms with E-state index in [2.05, 4.69) is 0 Å². The average Bonchev–Trinajstić information content (AvgIpc) is 2.06. The normalized spacial score (nSPS) is 14.0. The standard InChI is InChI=1S/C9H8ClF4N/c10-5-1-2-7(11)6(3-5)8(15)4-9(12,13)14/h1-3,8H,4,15H2. The smallest absolute Gasteiger partial charge is 0.324 e. The lowest BCUT2D eigenvalue weighted by atomic mass is 10.0. The number of hydrogen-bond acceptors (Lipinski definition) is 1. The van der Waals surface area contributed by atoms with Crippen molar-refractivity contribution in [3.63, 3.8) is 0 Å². The van der Waals surface area contributed by atoms with E-state index >= 15 is 0 Å². The Balaban J connectivity index is 2.90. The highest BCUT2D eigenvalue weighted by molar-refractivity contribution is 6.30. The number of nitrogens with two attached hydrogens (primary N) is 1. The van der Waals surface area contributed by atoms with Crippen LogP contribution in [0.25, 0.3) is 0 Å². The van der Waals surface area contributed by atoms with Crippen molar-refractivity contribution in [3.05, 3.63) is 34.6 Å². The zero-order chi connectivity index (χ0) is 11.6. The Kier molecular flexibility index (Phi) is 3.57. The summed E-state index contributed by atoms with van der Waals surface area (Å²) in [6.07, 6.45) is -5.70. The SMILES string of the molecule is NC(CC(F)(F)F)c1cc(Cl)ccc1F. The Morgan fingerprint density at radius 3 is 2.47 bits per heavy atom. The summed E-state index contributed by atoms with van der Waals surface area (Å²) in [5.74, 6) is -0.781. The van der Waals surface area contributed by atoms with Gasteiger partial charge in [0, 0.05) is 16.6 Å². The first-order valence-corrected chi connectivity index (χ1v) is 4.44. The Morgan fingerprint density at radius 1 is 1.33 bits per heavy atom. The van der Waals surface area contributed by atoms with Gasteiger partial charge in [-0.3, -0.25) is 0 Å². The van der Waals surface area contributed by atoms with Crippen LogP contribution in [0.2, 0.25) is 5.02 Å². The number of halogens is 5. The minimum Gasteiger partial charge on any atom is -0.324 e. The van der Waals surface area contributed by atoms with E-state index in [1.165, 1.54) is 6.07 Å². The van der Waals surface area contributed by atoms with Gasteiger partial charge in [0.25, 0.3) is 0 Å². The number of hydrogen-bond donors (Lipinski definition) is 1. The first-order valence-electron chi connectivity index (χ1n) is 4.07. The van der Waals surface area contributed by atoms with Crippen LogP contribution in [0, 0.1) is 5.82 Å². The van der Waals surface area contributed by atoms with Crippen molar-refractivity contribution in [2.45, 2.75) is 18.6 Å². The fourth-order valence-corrected chi connectivity index (χ4v) is 1.34. The molecule has 84 valence electrons. The van der Waals surface area contributed by atoms with Gasteiger partial charge in [0.1, 0.15) is 5.82 Å². The summed E-state index contributed by atoms with van der Waals surface area (Å²) in [4.78, 5) is 0. The summed E-state index contributed by atoms with van der Waals surface area (Å²) in [5, 5.41) is 0.157. The molecular formula is C9H8ClF4N. The van der Waals surface area contributed by atoms with Crippen molar-refractivity contribution in [1.82, 2.24) is 0 Å². The third kappa shape index (κ3) is 3.68. The van der Waals surface area contributed by atoms with Crippen LogP contribution in [0.5, 0.6) is 0 Å². The molecule has 1 aromatic rings. The zero-order valence-electron chi connectivity index (χ0n) is 7.48. The third-order valence-electron chi connectivity index (χ3n) is 1.81. The van der Waals surface area contributed by atoms with Crippen LogP contribution in [0.4, 0.5) is 17.6 Å². The molecule has 1 unspecified atom stereocenters. The quantitative estimate of drug-likeness (QED) is 0.789. The number of alkyl halides is 3. The van der Waals surface area contributed by atoms with E-state index in [4.69, 9.17) is 17.3 Å². The summed E-state index contributed by atoms with van der Waals surface area (Å²) in [5.41, 5.74) is 5.01. The molecule has 0 bridgehead atoms. The van der Waals surface area contributed by atoms with Gasteiger partial charge in [0.15, 0.2) is 0 Å². The van der Waals surface area contributed by atoms with Gasteiger partial charge < -0.3 is 5.73 Å². The van der Waals surface area contributed by atoms with Crippen molar-refractivity contribution in [2.24, 2.45) is 5.73 Å². The van der Waals surface area contributed by atoms with Crippen LogP contribution in [0.3, 0.4) is 0 Å². The molecule has 2 N–H and O–H groups in total. The third-order valence-corrected chi connectivity index (χ3v) is 2.04. The Labute approximate surface area is 88.8 Å². The lowest BCUT2D eigenvalue weighted by Gasteiger charge is -2.15. The van der Waals surface area contributed by atoms with Gasteiger partial charge in [0.2, 0.25) is 0 Å². The maximum absolute atomic E-state index is 13.1. The fraction of sp³-hybridized carbons (Fsp3) is 0.333. The highest BCUT2D eigenvalue weighted by Gasteiger charge is 2.31. The Morgan fingerprint density at radius 2 is 1.93 bits per heavy atom. The second-order valence-corrected chi connectivity index (χ2v) is 3.53. The second-order valence-electron chi connectivity index (χ2n) is 3.09. The minimum atomic E-state index is -4.42. The molecule has 0 amide bonds. The Bertz CT molecular complexity index is 350. The molecular weight excluding hydrogens is 234 g/mol. The maximum atomic E-state index is 13.1. The summed E-state index contributed by atoms with van der Waals surface area (Å²) >= 11 is 5.53. The molecule has 0 saturated carbocycles. The van der Waals surface area contributed by atoms with Crippen molar-refractivity contribution < 1.29 is 17.6 Å². The highest BCUT2D eigenvalue weighted by atomic mass is 35.5. The predicted molar refractivity (Wildman–Crippen MR) is 49.0 cm³/mol. The van der Waals surface area contributed by atoms with E-state index in [1.807, 2.05) is 0 Å². The molecule has 1 atom stereocenters. The van der Waals surface area contributed by atoms with Gasteiger partial charge in [-0.05, 0) is 18.2 Å². The van der Waals surface area contributed by atoms with Crippen molar-refractivity contribution in [2.75, 3.05) is 0 Å². The lowest BCUT2D eigenvalue weighted by molar-refractivity contribution is -0.138. The van der Waals surface area contributed by atoms with Crippen molar-refractivity contribution in [3.8, 4) is 0 Å². The highest BCUT2D eigenvalue weighted by Crippen LogP contribution is 2.30. The molecule has 15 heavy (non-hydrogen) atoms. The molecule has 6 heteroatoms. The molecule has 0 saturated heterocycles. The first-order chi connectivity index (χ1) is 6.79. The monoisotopic (exact) mass is 241 g/mol. The van der Waals surface area contributed by atoms with E-state index in [9.17, 15) is 17.6 Å². The van der Waals surface area contributed by atoms with E-state index < -0.39 is 24.5 Å². The van der Waals surface area contributed by atoms with Gasteiger partial charge >= 0.3 is 6.18 Å². The van der Waals surface area contributed by atoms with Crippen molar-refractivity contribution in [1.29, 1.82) is 0 Å². The molecule has 0 spiro atoms. The predicted octanol–water partition coefficient (Wildman–Crippen LogP) is 3.43. The zero-order valence-corrected chi connectivity index (χ0v) is 8.24. The van der Waals surface area contributed by atoms with Gasteiger partial charge in [-0.1, -0.05) is 11.6 Å². The largest absolute Gasteiger partial charge is 0.390 e. The first kappa shape index (κ1) is 12.3. The molecule has 0 fully saturated rings. The van der Waals surface area contributed by atoms with Crippen LogP contribution in [-0.2, 0) is 0 Å². The molecule has 0 aliphatic rings. The van der Waals surface area contributed by atoms with Gasteiger partial charge in [-0.25, -0.2) is 4.39 Å². The van der Waals surface area contributed by atoms with Gasteiger partial charge in [0.05, 0.1) is 6.42 Å². The van der Waals surface area contributed by atoms with E-state index in [1.54, 1.807) is 0 Å². The molecule has 0 aromatic heterocycles. The molecule has 1 rings (SSSR count). The molecule has 0 aliphatic carbocycles. The molecule has 0 radical (unpaired) electrons. The summed E-state index contributed by atoms with van der Waals surface area (Å²) in [7, 11) is 0. The molecule has 1 nitrogen and oxygen atoms in total. The van der Waals surface area contributed by atoms with Crippen LogP contribution in [-0.4, -0.2) is 6.18 Å². The van der Waals surface area contributed by atoms with Gasteiger partial charge in [-0.15, -0.1) is 0 Å². The molecule has 0 heterocycles. The van der Waals surface area contributed by atoms with E-state index in [0.717, 1.165) is 12.1 Å². The number of benzene rings is 1. The summed E-state index contributed by atoms with van der Waals surface area (Å²) < 4.78 is 49.1. The van der Waals surface area contributed by atoms with Crippen molar-refractivity contribution >= 4 is 11.6 Å². The minimum absolute atomic E-state index is 0.157. The molecule has 0 aliphatic heterocycles. The lowest BCUT2D eigenvalue weighted by Crippen LogP contribution is -2.21. The number of rotatable bonds is 2. The summed E-state index contributed by atoms with van der Waals surface area (Å²) in [6.45, 7) is 0. The van der Waals surface area contributed by atoms with E-state index in [-0.39, 0.29) is 10.6 Å². The van der Waals surface area contributed by atoms with Crippen LogP contribution in [0.15, 0.2) is 18.2 Å². The fourth-order valence-electron chi connectivity index (χ4n) is 1.16. The Hall–Kier alpha value is -0.810. The van der Waals surface area contributed by atoms with E-state index in [0.29, 0.717) is 0 Å². The second kappa shape index (κ2) is 4.37. The molecule has 1 aromatic carbocycles.